The van der Waals surface area contributed by atoms with Crippen molar-refractivity contribution in [2.24, 2.45) is 11.1 Å². The predicted octanol–water partition coefficient (Wildman–Crippen LogP) is 1.61. The minimum absolute atomic E-state index is 0.166. The lowest BCUT2D eigenvalue weighted by Gasteiger charge is -2.53. The summed E-state index contributed by atoms with van der Waals surface area (Å²) >= 11 is 6.14. The van der Waals surface area contributed by atoms with E-state index in [1.54, 1.807) is 0 Å². The first-order chi connectivity index (χ1) is 7.82. The SMILES string of the molecule is C[C@@]12CCCC[C@@]1(O)[C@@H](Cl)C(O)=C(C(N)=O)C2. The van der Waals surface area contributed by atoms with Crippen LogP contribution in [0, 0.1) is 5.41 Å². The van der Waals surface area contributed by atoms with Crippen molar-refractivity contribution in [2.45, 2.75) is 50.0 Å². The lowest BCUT2D eigenvalue weighted by Crippen LogP contribution is -2.58. The number of alkyl halides is 1. The molecule has 2 aliphatic rings. The van der Waals surface area contributed by atoms with E-state index < -0.39 is 22.3 Å². The van der Waals surface area contributed by atoms with Crippen LogP contribution in [-0.4, -0.2) is 27.1 Å². The molecule has 0 radical (unpaired) electrons. The maximum Gasteiger partial charge on any atom is 0.248 e. The molecule has 0 unspecified atom stereocenters. The molecule has 2 aliphatic carbocycles. The number of rotatable bonds is 1. The number of halogens is 1. The Kier molecular flexibility index (Phi) is 2.91. The van der Waals surface area contributed by atoms with Crippen LogP contribution in [0.15, 0.2) is 11.3 Å². The monoisotopic (exact) mass is 259 g/mol. The molecule has 0 heterocycles. The second-order valence-corrected chi connectivity index (χ2v) is 5.90. The van der Waals surface area contributed by atoms with E-state index in [1.807, 2.05) is 6.92 Å². The van der Waals surface area contributed by atoms with Crippen LogP contribution in [-0.2, 0) is 4.79 Å². The van der Waals surface area contributed by atoms with Gasteiger partial charge < -0.3 is 15.9 Å². The summed E-state index contributed by atoms with van der Waals surface area (Å²) < 4.78 is 0. The molecule has 1 saturated carbocycles. The van der Waals surface area contributed by atoms with Gasteiger partial charge in [-0.05, 0) is 19.3 Å². The lowest BCUT2D eigenvalue weighted by molar-refractivity contribution is -0.125. The van der Waals surface area contributed by atoms with E-state index in [0.29, 0.717) is 12.8 Å². The summed E-state index contributed by atoms with van der Waals surface area (Å²) in [5, 5.41) is 19.7. The first kappa shape index (κ1) is 12.7. The van der Waals surface area contributed by atoms with E-state index in [-0.39, 0.29) is 11.3 Å². The Bertz CT molecular complexity index is 395. The molecule has 5 heteroatoms. The van der Waals surface area contributed by atoms with Crippen LogP contribution in [0.1, 0.15) is 39.0 Å². The molecule has 1 amide bonds. The molecule has 0 saturated heterocycles. The van der Waals surface area contributed by atoms with Crippen LogP contribution in [0.5, 0.6) is 0 Å². The highest BCUT2D eigenvalue weighted by atomic mass is 35.5. The smallest absolute Gasteiger partial charge is 0.248 e. The predicted molar refractivity (Wildman–Crippen MR) is 64.6 cm³/mol. The maximum absolute atomic E-state index is 11.3. The maximum atomic E-state index is 11.3. The molecule has 0 spiro atoms. The number of fused-ring (bicyclic) bond motifs is 1. The van der Waals surface area contributed by atoms with Crippen LogP contribution in [0.25, 0.3) is 0 Å². The van der Waals surface area contributed by atoms with Crippen molar-refractivity contribution in [3.63, 3.8) is 0 Å². The number of primary amides is 1. The zero-order valence-electron chi connectivity index (χ0n) is 9.87. The fourth-order valence-electron chi connectivity index (χ4n) is 3.18. The third kappa shape index (κ3) is 1.66. The first-order valence-corrected chi connectivity index (χ1v) is 6.34. The van der Waals surface area contributed by atoms with Gasteiger partial charge in [-0.25, -0.2) is 0 Å². The van der Waals surface area contributed by atoms with Crippen molar-refractivity contribution in [3.8, 4) is 0 Å². The standard InChI is InChI=1S/C12H18ClNO3/c1-11-4-2-3-5-12(11,17)9(13)8(15)7(6-11)10(14)16/h9,15,17H,2-6H2,1H3,(H2,14,16)/t9-,11-,12+/m0/s1. The number of aliphatic hydroxyl groups is 2. The molecular weight excluding hydrogens is 242 g/mol. The van der Waals surface area contributed by atoms with E-state index in [1.165, 1.54) is 0 Å². The van der Waals surface area contributed by atoms with Gasteiger partial charge in [-0.3, -0.25) is 4.79 Å². The molecular formula is C12H18ClNO3. The second-order valence-electron chi connectivity index (χ2n) is 5.46. The Hall–Kier alpha value is -0.740. The molecule has 1 fully saturated rings. The molecule has 17 heavy (non-hydrogen) atoms. The Morgan fingerprint density at radius 3 is 2.65 bits per heavy atom. The van der Waals surface area contributed by atoms with Gasteiger partial charge in [0.2, 0.25) is 5.91 Å². The van der Waals surface area contributed by atoms with E-state index in [9.17, 15) is 15.0 Å². The average molecular weight is 260 g/mol. The van der Waals surface area contributed by atoms with E-state index in [0.717, 1.165) is 19.3 Å². The molecule has 2 rings (SSSR count). The van der Waals surface area contributed by atoms with E-state index in [4.69, 9.17) is 17.3 Å². The zero-order chi connectivity index (χ0) is 12.8. The van der Waals surface area contributed by atoms with Gasteiger partial charge in [0.15, 0.2) is 0 Å². The van der Waals surface area contributed by atoms with Crippen LogP contribution in [0.4, 0.5) is 0 Å². The van der Waals surface area contributed by atoms with Crippen LogP contribution in [0.2, 0.25) is 0 Å². The minimum Gasteiger partial charge on any atom is -0.510 e. The van der Waals surface area contributed by atoms with Crippen molar-refractivity contribution in [2.75, 3.05) is 0 Å². The minimum atomic E-state index is -1.14. The highest BCUT2D eigenvalue weighted by Crippen LogP contribution is 2.55. The van der Waals surface area contributed by atoms with Gasteiger partial charge in [-0.1, -0.05) is 19.8 Å². The molecule has 4 nitrogen and oxygen atoms in total. The summed E-state index contributed by atoms with van der Waals surface area (Å²) in [6, 6.07) is 0. The van der Waals surface area contributed by atoms with E-state index >= 15 is 0 Å². The van der Waals surface area contributed by atoms with Crippen molar-refractivity contribution < 1.29 is 15.0 Å². The normalized spacial score (nSPS) is 42.2. The summed E-state index contributed by atoms with van der Waals surface area (Å²) in [5.41, 5.74) is 3.79. The molecule has 0 aromatic carbocycles. The number of hydrogen-bond acceptors (Lipinski definition) is 3. The Balaban J connectivity index is 2.49. The lowest BCUT2D eigenvalue weighted by atomic mass is 9.57. The van der Waals surface area contributed by atoms with Crippen molar-refractivity contribution in [1.29, 1.82) is 0 Å². The van der Waals surface area contributed by atoms with Crippen molar-refractivity contribution in [1.82, 2.24) is 0 Å². The summed E-state index contributed by atoms with van der Waals surface area (Å²) in [5.74, 6) is -0.900. The fraction of sp³-hybridized carbons (Fsp3) is 0.750. The molecule has 0 aromatic heterocycles. The molecule has 3 atom stereocenters. The molecule has 4 N–H and O–H groups in total. The van der Waals surface area contributed by atoms with Gasteiger partial charge in [-0.15, -0.1) is 11.6 Å². The topological polar surface area (TPSA) is 83.6 Å². The third-order valence-corrected chi connectivity index (χ3v) is 4.98. The summed E-state index contributed by atoms with van der Waals surface area (Å²) in [4.78, 5) is 11.3. The number of hydrogen-bond donors (Lipinski definition) is 3. The Labute approximate surface area is 105 Å². The van der Waals surface area contributed by atoms with Crippen LogP contribution >= 0.6 is 11.6 Å². The summed E-state index contributed by atoms with van der Waals surface area (Å²) in [6.07, 6.45) is 3.52. The van der Waals surface area contributed by atoms with Gasteiger partial charge in [0, 0.05) is 5.41 Å². The van der Waals surface area contributed by atoms with Crippen molar-refractivity contribution >= 4 is 17.5 Å². The largest absolute Gasteiger partial charge is 0.510 e. The van der Waals surface area contributed by atoms with E-state index in [2.05, 4.69) is 0 Å². The van der Waals surface area contributed by atoms with Gasteiger partial charge in [0.25, 0.3) is 0 Å². The number of nitrogens with two attached hydrogens (primary N) is 1. The molecule has 96 valence electrons. The Morgan fingerprint density at radius 1 is 1.47 bits per heavy atom. The van der Waals surface area contributed by atoms with Gasteiger partial charge in [-0.2, -0.15) is 0 Å². The van der Waals surface area contributed by atoms with Gasteiger partial charge >= 0.3 is 0 Å². The first-order valence-electron chi connectivity index (χ1n) is 5.90. The second kappa shape index (κ2) is 3.89. The van der Waals surface area contributed by atoms with Gasteiger partial charge in [0.1, 0.15) is 11.1 Å². The zero-order valence-corrected chi connectivity index (χ0v) is 10.6. The third-order valence-electron chi connectivity index (χ3n) is 4.41. The van der Waals surface area contributed by atoms with Crippen LogP contribution < -0.4 is 5.73 Å². The van der Waals surface area contributed by atoms with Crippen LogP contribution in [0.3, 0.4) is 0 Å². The van der Waals surface area contributed by atoms with Gasteiger partial charge in [0.05, 0.1) is 11.2 Å². The highest BCUT2D eigenvalue weighted by Gasteiger charge is 2.57. The van der Waals surface area contributed by atoms with Crippen molar-refractivity contribution in [3.05, 3.63) is 11.3 Å². The average Bonchev–Trinajstić information content (AvgIpc) is 2.27. The summed E-state index contributed by atoms with van der Waals surface area (Å²) in [7, 11) is 0. The Morgan fingerprint density at radius 2 is 2.06 bits per heavy atom. The quantitative estimate of drug-likeness (QED) is 0.626. The number of amides is 1. The molecule has 0 bridgehead atoms. The number of carbonyl (C=O) groups is 1. The fourth-order valence-corrected chi connectivity index (χ4v) is 3.68. The molecule has 0 aromatic rings. The molecule has 0 aliphatic heterocycles. The summed E-state index contributed by atoms with van der Waals surface area (Å²) in [6.45, 7) is 1.91. The number of aliphatic hydroxyl groups excluding tert-OH is 1. The number of carbonyl (C=O) groups excluding carboxylic acids is 1. The highest BCUT2D eigenvalue weighted by molar-refractivity contribution is 6.23.